The number of aromatic nitrogens is 2. The highest BCUT2D eigenvalue weighted by Gasteiger charge is 2.28. The minimum absolute atomic E-state index is 0.0262. The molecule has 2 aliphatic heterocycles. The molecule has 0 bridgehead atoms. The topological polar surface area (TPSA) is 70.6 Å². The van der Waals surface area contributed by atoms with E-state index in [2.05, 4.69) is 27.3 Å². The van der Waals surface area contributed by atoms with E-state index in [4.69, 9.17) is 4.74 Å². The van der Waals surface area contributed by atoms with Gasteiger partial charge in [-0.05, 0) is 37.8 Å². The molecule has 0 aromatic carbocycles. The van der Waals surface area contributed by atoms with Gasteiger partial charge in [0.05, 0.1) is 12.1 Å². The van der Waals surface area contributed by atoms with Gasteiger partial charge >= 0.3 is 6.03 Å². The van der Waals surface area contributed by atoms with Gasteiger partial charge < -0.3 is 19.9 Å². The third-order valence-corrected chi connectivity index (χ3v) is 4.83. The van der Waals surface area contributed by atoms with E-state index in [9.17, 15) is 4.79 Å². The fourth-order valence-corrected chi connectivity index (χ4v) is 3.44. The average Bonchev–Trinajstić information content (AvgIpc) is 3.04. The predicted molar refractivity (Wildman–Crippen MR) is 92.0 cm³/mol. The van der Waals surface area contributed by atoms with Crippen LogP contribution in [-0.4, -0.2) is 66.1 Å². The molecule has 0 aliphatic carbocycles. The maximum Gasteiger partial charge on any atom is 0.317 e. The first kappa shape index (κ1) is 17.0. The summed E-state index contributed by atoms with van der Waals surface area (Å²) in [5.74, 6) is 0.880. The van der Waals surface area contributed by atoms with Crippen LogP contribution in [0, 0.1) is 0 Å². The molecule has 0 spiro atoms. The van der Waals surface area contributed by atoms with Crippen molar-refractivity contribution in [1.82, 2.24) is 20.4 Å². The van der Waals surface area contributed by atoms with Crippen molar-refractivity contribution in [2.45, 2.75) is 44.8 Å². The predicted octanol–water partition coefficient (Wildman–Crippen LogP) is 1.66. The van der Waals surface area contributed by atoms with Gasteiger partial charge in [0.2, 0.25) is 0 Å². The summed E-state index contributed by atoms with van der Waals surface area (Å²) in [5, 5.41) is 11.3. The molecule has 2 fully saturated rings. The third kappa shape index (κ3) is 4.14. The SMILES string of the molecule is CC[C@@H](NC(=O)N1CCCN(c2cccnn2)CC1)[C@@H]1CCCO1. The fraction of sp³-hybridized carbons (Fsp3) is 0.706. The minimum Gasteiger partial charge on any atom is -0.376 e. The Labute approximate surface area is 143 Å². The normalized spacial score (nSPS) is 23.0. The second kappa shape index (κ2) is 8.28. The highest BCUT2D eigenvalue weighted by Crippen LogP contribution is 2.18. The zero-order valence-electron chi connectivity index (χ0n) is 14.4. The molecule has 24 heavy (non-hydrogen) atoms. The van der Waals surface area contributed by atoms with Crippen molar-refractivity contribution in [1.29, 1.82) is 0 Å². The molecule has 2 atom stereocenters. The number of carbonyl (C=O) groups excluding carboxylic acids is 1. The molecule has 1 aromatic rings. The van der Waals surface area contributed by atoms with Gasteiger partial charge in [-0.15, -0.1) is 5.10 Å². The van der Waals surface area contributed by atoms with E-state index in [1.54, 1.807) is 6.20 Å². The van der Waals surface area contributed by atoms with Gasteiger partial charge in [-0.25, -0.2) is 4.79 Å². The number of nitrogens with zero attached hydrogens (tertiary/aromatic N) is 4. The molecule has 7 nitrogen and oxygen atoms in total. The van der Waals surface area contributed by atoms with Gasteiger partial charge in [-0.3, -0.25) is 0 Å². The molecule has 2 amide bonds. The van der Waals surface area contributed by atoms with Crippen LogP contribution in [0.2, 0.25) is 0 Å². The van der Waals surface area contributed by atoms with Crippen LogP contribution in [0.25, 0.3) is 0 Å². The van der Waals surface area contributed by atoms with Crippen LogP contribution in [-0.2, 0) is 4.74 Å². The summed E-state index contributed by atoms with van der Waals surface area (Å²) in [6, 6.07) is 4.00. The second-order valence-corrected chi connectivity index (χ2v) is 6.43. The molecule has 7 heteroatoms. The van der Waals surface area contributed by atoms with E-state index in [1.165, 1.54) is 0 Å². The third-order valence-electron chi connectivity index (χ3n) is 4.83. The Balaban J connectivity index is 1.54. The first-order valence-corrected chi connectivity index (χ1v) is 8.97. The number of carbonyl (C=O) groups is 1. The standard InChI is InChI=1S/C17H27N5O2/c1-2-14(15-6-4-13-24-15)19-17(23)22-10-5-9-21(11-12-22)16-7-3-8-18-20-16/h3,7-8,14-15H,2,4-6,9-13H2,1H3,(H,19,23)/t14-,15+/m1/s1. The number of hydrogen-bond donors (Lipinski definition) is 1. The van der Waals surface area contributed by atoms with Gasteiger partial charge in [0.1, 0.15) is 0 Å². The van der Waals surface area contributed by atoms with Crippen molar-refractivity contribution in [3.05, 3.63) is 18.3 Å². The summed E-state index contributed by atoms with van der Waals surface area (Å²) in [4.78, 5) is 16.7. The monoisotopic (exact) mass is 333 g/mol. The Morgan fingerprint density at radius 2 is 2.29 bits per heavy atom. The van der Waals surface area contributed by atoms with Crippen molar-refractivity contribution in [2.75, 3.05) is 37.7 Å². The van der Waals surface area contributed by atoms with E-state index in [0.29, 0.717) is 6.54 Å². The van der Waals surface area contributed by atoms with Crippen molar-refractivity contribution in [2.24, 2.45) is 0 Å². The smallest absolute Gasteiger partial charge is 0.317 e. The molecule has 3 rings (SSSR count). The minimum atomic E-state index is 0.0262. The maximum atomic E-state index is 12.6. The number of hydrogen-bond acceptors (Lipinski definition) is 5. The number of ether oxygens (including phenoxy) is 1. The molecule has 0 saturated carbocycles. The summed E-state index contributed by atoms with van der Waals surface area (Å²) < 4.78 is 5.74. The molecule has 132 valence electrons. The molecule has 2 saturated heterocycles. The molecular weight excluding hydrogens is 306 g/mol. The van der Waals surface area contributed by atoms with Gasteiger partial charge in [-0.2, -0.15) is 5.10 Å². The van der Waals surface area contributed by atoms with Crippen molar-refractivity contribution in [3.8, 4) is 0 Å². The van der Waals surface area contributed by atoms with Crippen LogP contribution in [0.5, 0.6) is 0 Å². The highest BCUT2D eigenvalue weighted by atomic mass is 16.5. The molecule has 0 radical (unpaired) electrons. The zero-order valence-corrected chi connectivity index (χ0v) is 14.4. The van der Waals surface area contributed by atoms with E-state index in [0.717, 1.165) is 57.7 Å². The Hall–Kier alpha value is -1.89. The number of rotatable bonds is 4. The lowest BCUT2D eigenvalue weighted by atomic mass is 10.1. The molecule has 1 aromatic heterocycles. The van der Waals surface area contributed by atoms with Gasteiger partial charge in [0, 0.05) is 39.0 Å². The molecule has 2 aliphatic rings. The number of anilines is 1. The van der Waals surface area contributed by atoms with Crippen LogP contribution in [0.1, 0.15) is 32.6 Å². The van der Waals surface area contributed by atoms with Gasteiger partial charge in [0.15, 0.2) is 5.82 Å². The number of nitrogens with one attached hydrogen (secondary N) is 1. The molecule has 0 unspecified atom stereocenters. The fourth-order valence-electron chi connectivity index (χ4n) is 3.44. The van der Waals surface area contributed by atoms with E-state index in [1.807, 2.05) is 17.0 Å². The van der Waals surface area contributed by atoms with Crippen LogP contribution >= 0.6 is 0 Å². The lowest BCUT2D eigenvalue weighted by Gasteiger charge is -2.28. The molecule has 3 heterocycles. The summed E-state index contributed by atoms with van der Waals surface area (Å²) in [7, 11) is 0. The van der Waals surface area contributed by atoms with Gasteiger partial charge in [0.25, 0.3) is 0 Å². The van der Waals surface area contributed by atoms with E-state index in [-0.39, 0.29) is 18.2 Å². The zero-order chi connectivity index (χ0) is 16.8. The van der Waals surface area contributed by atoms with Crippen LogP contribution in [0.4, 0.5) is 10.6 Å². The maximum absolute atomic E-state index is 12.6. The number of urea groups is 1. The largest absolute Gasteiger partial charge is 0.376 e. The van der Waals surface area contributed by atoms with E-state index >= 15 is 0 Å². The van der Waals surface area contributed by atoms with E-state index < -0.39 is 0 Å². The molecule has 1 N–H and O–H groups in total. The first-order chi connectivity index (χ1) is 11.8. The number of amides is 2. The van der Waals surface area contributed by atoms with Crippen LogP contribution in [0.3, 0.4) is 0 Å². The van der Waals surface area contributed by atoms with Crippen molar-refractivity contribution < 1.29 is 9.53 Å². The van der Waals surface area contributed by atoms with Crippen LogP contribution in [0.15, 0.2) is 18.3 Å². The average molecular weight is 333 g/mol. The Morgan fingerprint density at radius 3 is 3.00 bits per heavy atom. The Bertz CT molecular complexity index is 521. The summed E-state index contributed by atoms with van der Waals surface area (Å²) >= 11 is 0. The summed E-state index contributed by atoms with van der Waals surface area (Å²) in [6.07, 6.45) is 5.81. The Morgan fingerprint density at radius 1 is 1.38 bits per heavy atom. The Kier molecular flexibility index (Phi) is 5.85. The van der Waals surface area contributed by atoms with Gasteiger partial charge in [-0.1, -0.05) is 6.92 Å². The summed E-state index contributed by atoms with van der Waals surface area (Å²) in [5.41, 5.74) is 0. The molecular formula is C17H27N5O2. The second-order valence-electron chi connectivity index (χ2n) is 6.43. The van der Waals surface area contributed by atoms with Crippen molar-refractivity contribution >= 4 is 11.8 Å². The lowest BCUT2D eigenvalue weighted by Crippen LogP contribution is -2.49. The van der Waals surface area contributed by atoms with Crippen molar-refractivity contribution in [3.63, 3.8) is 0 Å². The summed E-state index contributed by atoms with van der Waals surface area (Å²) in [6.45, 7) is 6.06. The quantitative estimate of drug-likeness (QED) is 0.907. The highest BCUT2D eigenvalue weighted by molar-refractivity contribution is 5.74. The first-order valence-electron chi connectivity index (χ1n) is 8.97. The lowest BCUT2D eigenvalue weighted by molar-refractivity contribution is 0.0771. The van der Waals surface area contributed by atoms with Crippen LogP contribution < -0.4 is 10.2 Å².